The number of benzene rings is 2. The third-order valence-electron chi connectivity index (χ3n) is 2.72. The van der Waals surface area contributed by atoms with Crippen molar-refractivity contribution in [2.45, 2.75) is 13.8 Å². The lowest BCUT2D eigenvalue weighted by Gasteiger charge is -2.08. The monoisotopic (exact) mass is 255 g/mol. The van der Waals surface area contributed by atoms with Crippen LogP contribution in [0.5, 0.6) is 0 Å². The lowest BCUT2D eigenvalue weighted by atomic mass is 10.1. The first-order chi connectivity index (χ1) is 8.94. The Hall–Kier alpha value is -2.49. The van der Waals surface area contributed by atoms with E-state index in [1.807, 2.05) is 32.0 Å². The van der Waals surface area contributed by atoms with Gasteiger partial charge in [-0.1, -0.05) is 6.07 Å². The van der Waals surface area contributed by atoms with Crippen molar-refractivity contribution in [1.82, 2.24) is 0 Å². The van der Waals surface area contributed by atoms with Crippen LogP contribution in [-0.4, -0.2) is 5.91 Å². The maximum absolute atomic E-state index is 12.1. The van der Waals surface area contributed by atoms with Gasteiger partial charge in [0.05, 0.1) is 0 Å². The number of aryl methyl sites for hydroxylation is 2. The first-order valence-corrected chi connectivity index (χ1v) is 6.00. The maximum atomic E-state index is 12.1. The van der Waals surface area contributed by atoms with Gasteiger partial charge in [0.2, 0.25) is 0 Å². The summed E-state index contributed by atoms with van der Waals surface area (Å²) in [5.74, 6) is -0.219. The number of nitrogen functional groups attached to an aromatic ring is 2. The second-order valence-electron chi connectivity index (χ2n) is 4.72. The lowest BCUT2D eigenvalue weighted by Crippen LogP contribution is -2.13. The molecule has 0 heterocycles. The lowest BCUT2D eigenvalue weighted by molar-refractivity contribution is 0.102. The highest BCUT2D eigenvalue weighted by atomic mass is 16.1. The number of amides is 1. The quantitative estimate of drug-likeness (QED) is 0.722. The Balaban J connectivity index is 2.25. The fraction of sp³-hybridized carbons (Fsp3) is 0.133. The summed E-state index contributed by atoms with van der Waals surface area (Å²) in [5.41, 5.74) is 15.7. The van der Waals surface area contributed by atoms with E-state index in [9.17, 15) is 4.79 Å². The Kier molecular flexibility index (Phi) is 3.42. The number of carbonyl (C=O) groups is 1. The molecule has 0 saturated heterocycles. The van der Waals surface area contributed by atoms with Crippen LogP contribution in [0.2, 0.25) is 0 Å². The fourth-order valence-corrected chi connectivity index (χ4v) is 2.06. The molecule has 4 heteroatoms. The van der Waals surface area contributed by atoms with E-state index in [-0.39, 0.29) is 5.91 Å². The van der Waals surface area contributed by atoms with Crippen LogP contribution in [0.3, 0.4) is 0 Å². The summed E-state index contributed by atoms with van der Waals surface area (Å²) in [4.78, 5) is 12.1. The van der Waals surface area contributed by atoms with Crippen LogP contribution in [0.15, 0.2) is 36.4 Å². The number of carbonyl (C=O) groups excluding carboxylic acids is 1. The predicted octanol–water partition coefficient (Wildman–Crippen LogP) is 2.72. The summed E-state index contributed by atoms with van der Waals surface area (Å²) in [7, 11) is 0. The number of nitrogens with two attached hydrogens (primary N) is 2. The summed E-state index contributed by atoms with van der Waals surface area (Å²) < 4.78 is 0. The number of hydrogen-bond donors (Lipinski definition) is 3. The normalized spacial score (nSPS) is 10.2. The molecule has 0 aliphatic heterocycles. The molecule has 0 fully saturated rings. The average Bonchev–Trinajstić information content (AvgIpc) is 2.25. The highest BCUT2D eigenvalue weighted by Gasteiger charge is 2.08. The topological polar surface area (TPSA) is 81.1 Å². The van der Waals surface area contributed by atoms with Crippen LogP contribution in [0.25, 0.3) is 0 Å². The summed E-state index contributed by atoms with van der Waals surface area (Å²) >= 11 is 0. The molecule has 0 atom stereocenters. The summed E-state index contributed by atoms with van der Waals surface area (Å²) in [6.07, 6.45) is 0. The van der Waals surface area contributed by atoms with Gasteiger partial charge in [-0.25, -0.2) is 0 Å². The van der Waals surface area contributed by atoms with Gasteiger partial charge in [0.25, 0.3) is 5.91 Å². The van der Waals surface area contributed by atoms with E-state index in [4.69, 9.17) is 11.5 Å². The van der Waals surface area contributed by atoms with Gasteiger partial charge in [0.1, 0.15) is 0 Å². The zero-order valence-corrected chi connectivity index (χ0v) is 11.0. The molecule has 0 saturated carbocycles. The van der Waals surface area contributed by atoms with Crippen LogP contribution in [0, 0.1) is 13.8 Å². The highest BCUT2D eigenvalue weighted by Crippen LogP contribution is 2.17. The second-order valence-corrected chi connectivity index (χ2v) is 4.72. The van der Waals surface area contributed by atoms with Crippen LogP contribution in [-0.2, 0) is 0 Å². The van der Waals surface area contributed by atoms with Gasteiger partial charge in [0, 0.05) is 22.6 Å². The van der Waals surface area contributed by atoms with Crippen molar-refractivity contribution in [3.8, 4) is 0 Å². The van der Waals surface area contributed by atoms with Crippen molar-refractivity contribution in [2.75, 3.05) is 16.8 Å². The predicted molar refractivity (Wildman–Crippen MR) is 79.1 cm³/mol. The Labute approximate surface area is 112 Å². The van der Waals surface area contributed by atoms with Gasteiger partial charge in [-0.15, -0.1) is 0 Å². The van der Waals surface area contributed by atoms with Gasteiger partial charge >= 0.3 is 0 Å². The molecule has 4 nitrogen and oxygen atoms in total. The molecule has 0 bridgehead atoms. The highest BCUT2D eigenvalue weighted by molar-refractivity contribution is 6.05. The van der Waals surface area contributed by atoms with Gasteiger partial charge in [-0.3, -0.25) is 4.79 Å². The molecular formula is C15H17N3O. The zero-order valence-electron chi connectivity index (χ0n) is 11.0. The Bertz CT molecular complexity index is 595. The van der Waals surface area contributed by atoms with E-state index >= 15 is 0 Å². The number of anilines is 3. The molecule has 98 valence electrons. The molecule has 2 aromatic carbocycles. The smallest absolute Gasteiger partial charge is 0.255 e. The minimum absolute atomic E-state index is 0.219. The van der Waals surface area contributed by atoms with E-state index in [1.165, 1.54) is 0 Å². The van der Waals surface area contributed by atoms with Gasteiger partial charge < -0.3 is 16.8 Å². The van der Waals surface area contributed by atoms with Gasteiger partial charge in [0.15, 0.2) is 0 Å². The third kappa shape index (κ3) is 3.25. The Morgan fingerprint density at radius 3 is 1.95 bits per heavy atom. The van der Waals surface area contributed by atoms with E-state index in [1.54, 1.807) is 18.2 Å². The van der Waals surface area contributed by atoms with E-state index in [0.29, 0.717) is 16.9 Å². The third-order valence-corrected chi connectivity index (χ3v) is 2.72. The Morgan fingerprint density at radius 2 is 1.42 bits per heavy atom. The second kappa shape index (κ2) is 5.02. The van der Waals surface area contributed by atoms with Crippen molar-refractivity contribution in [3.63, 3.8) is 0 Å². The summed E-state index contributed by atoms with van der Waals surface area (Å²) in [6.45, 7) is 3.97. The van der Waals surface area contributed by atoms with Crippen molar-refractivity contribution in [2.24, 2.45) is 0 Å². The number of nitrogens with one attached hydrogen (secondary N) is 1. The fourth-order valence-electron chi connectivity index (χ4n) is 2.06. The van der Waals surface area contributed by atoms with Crippen molar-refractivity contribution in [3.05, 3.63) is 53.1 Å². The maximum Gasteiger partial charge on any atom is 0.255 e. The summed E-state index contributed by atoms with van der Waals surface area (Å²) in [5, 5.41) is 2.84. The van der Waals surface area contributed by atoms with Crippen LogP contribution in [0.1, 0.15) is 21.5 Å². The molecule has 2 rings (SSSR count). The van der Waals surface area contributed by atoms with Crippen LogP contribution >= 0.6 is 0 Å². The van der Waals surface area contributed by atoms with Crippen molar-refractivity contribution < 1.29 is 4.79 Å². The first-order valence-electron chi connectivity index (χ1n) is 6.00. The molecule has 0 aliphatic carbocycles. The van der Waals surface area contributed by atoms with Gasteiger partial charge in [-0.2, -0.15) is 0 Å². The molecule has 0 spiro atoms. The minimum Gasteiger partial charge on any atom is -0.399 e. The molecule has 1 amide bonds. The zero-order chi connectivity index (χ0) is 14.0. The van der Waals surface area contributed by atoms with Crippen molar-refractivity contribution in [1.29, 1.82) is 0 Å². The minimum atomic E-state index is -0.219. The van der Waals surface area contributed by atoms with Gasteiger partial charge in [-0.05, 0) is 55.3 Å². The molecule has 0 aromatic heterocycles. The van der Waals surface area contributed by atoms with Crippen LogP contribution in [0.4, 0.5) is 17.1 Å². The molecule has 2 aromatic rings. The standard InChI is InChI=1S/C15H17N3O/c1-9-3-10(2)5-14(4-9)18-15(19)11-6-12(16)8-13(17)7-11/h3-8H,16-17H2,1-2H3,(H,18,19). The van der Waals surface area contributed by atoms with E-state index < -0.39 is 0 Å². The SMILES string of the molecule is Cc1cc(C)cc(NC(=O)c2cc(N)cc(N)c2)c1. The molecule has 0 radical (unpaired) electrons. The first kappa shape index (κ1) is 13.0. The number of rotatable bonds is 2. The molecule has 5 N–H and O–H groups in total. The molecule has 19 heavy (non-hydrogen) atoms. The van der Waals surface area contributed by atoms with E-state index in [0.717, 1.165) is 16.8 Å². The molecule has 0 aliphatic rings. The van der Waals surface area contributed by atoms with E-state index in [2.05, 4.69) is 5.32 Å². The Morgan fingerprint density at radius 1 is 0.895 bits per heavy atom. The largest absolute Gasteiger partial charge is 0.399 e. The molecular weight excluding hydrogens is 238 g/mol. The number of hydrogen-bond acceptors (Lipinski definition) is 3. The summed E-state index contributed by atoms with van der Waals surface area (Å²) in [6, 6.07) is 10.7. The van der Waals surface area contributed by atoms with Crippen LogP contribution < -0.4 is 16.8 Å². The average molecular weight is 255 g/mol. The van der Waals surface area contributed by atoms with Crippen molar-refractivity contribution >= 4 is 23.0 Å². The molecule has 0 unspecified atom stereocenters.